The van der Waals surface area contributed by atoms with Crippen LogP contribution in [0.3, 0.4) is 0 Å². The van der Waals surface area contributed by atoms with Gasteiger partial charge in [-0.05, 0) is 89.2 Å². The van der Waals surface area contributed by atoms with E-state index in [4.69, 9.17) is 4.42 Å². The van der Waals surface area contributed by atoms with Gasteiger partial charge in [0, 0.05) is 30.4 Å². The van der Waals surface area contributed by atoms with Gasteiger partial charge in [0.1, 0.15) is 0 Å². The number of rotatable bonds is 6. The average molecular weight is 541 g/mol. The standard InChI is InChI=1S/C28H36N4O5S/c1-4-31-23-11-10-21(18-24(23)37-26(31)34)29-25(33)19-30-16-14-28(15-17-30)13-12-27(2,3)32(20-28)38(35,36)22-8-6-5-7-9-22/h5-11,18H,4,12-17,19-20H2,1-3H3,(H,29,33). The van der Waals surface area contributed by atoms with E-state index in [1.807, 2.05) is 26.8 Å². The van der Waals surface area contributed by atoms with Crippen LogP contribution in [0.25, 0.3) is 11.1 Å². The second-order valence-electron chi connectivity index (χ2n) is 11.3. The summed E-state index contributed by atoms with van der Waals surface area (Å²) < 4.78 is 35.7. The van der Waals surface area contributed by atoms with Crippen LogP contribution in [0.1, 0.15) is 46.5 Å². The van der Waals surface area contributed by atoms with E-state index in [-0.39, 0.29) is 17.9 Å². The van der Waals surface area contributed by atoms with Crippen LogP contribution >= 0.6 is 0 Å². The smallest absolute Gasteiger partial charge is 0.408 e. The van der Waals surface area contributed by atoms with Gasteiger partial charge in [-0.2, -0.15) is 4.31 Å². The summed E-state index contributed by atoms with van der Waals surface area (Å²) in [6.45, 7) is 8.65. The molecule has 0 atom stereocenters. The van der Waals surface area contributed by atoms with Crippen LogP contribution in [-0.4, -0.2) is 59.8 Å². The molecule has 1 amide bonds. The summed E-state index contributed by atoms with van der Waals surface area (Å²) in [7, 11) is -3.60. The Balaban J connectivity index is 1.21. The van der Waals surface area contributed by atoms with E-state index < -0.39 is 21.3 Å². The van der Waals surface area contributed by atoms with Gasteiger partial charge in [0.05, 0.1) is 17.0 Å². The zero-order valence-electron chi connectivity index (χ0n) is 22.3. The normalized spacial score (nSPS) is 20.1. The number of hydrogen-bond acceptors (Lipinski definition) is 6. The van der Waals surface area contributed by atoms with Crippen LogP contribution in [0.5, 0.6) is 0 Å². The molecule has 0 aliphatic carbocycles. The first-order chi connectivity index (χ1) is 18.0. The highest BCUT2D eigenvalue weighted by molar-refractivity contribution is 7.89. The van der Waals surface area contributed by atoms with Gasteiger partial charge >= 0.3 is 5.76 Å². The van der Waals surface area contributed by atoms with E-state index in [2.05, 4.69) is 10.2 Å². The molecule has 0 saturated carbocycles. The zero-order valence-corrected chi connectivity index (χ0v) is 23.1. The molecule has 0 unspecified atom stereocenters. The van der Waals surface area contributed by atoms with Crippen molar-refractivity contribution in [1.29, 1.82) is 0 Å². The number of aryl methyl sites for hydroxylation is 1. The van der Waals surface area contributed by atoms with E-state index in [0.29, 0.717) is 34.8 Å². The Hall–Kier alpha value is -2.95. The van der Waals surface area contributed by atoms with Crippen molar-refractivity contribution >= 4 is 32.7 Å². The molecule has 2 fully saturated rings. The second kappa shape index (κ2) is 9.98. The topological polar surface area (TPSA) is 105 Å². The van der Waals surface area contributed by atoms with Gasteiger partial charge in [0.25, 0.3) is 0 Å². The Morgan fingerprint density at radius 2 is 1.74 bits per heavy atom. The van der Waals surface area contributed by atoms with E-state index in [1.54, 1.807) is 51.3 Å². The number of anilines is 1. The Labute approximate surface area is 223 Å². The van der Waals surface area contributed by atoms with Crippen molar-refractivity contribution < 1.29 is 17.6 Å². The number of likely N-dealkylation sites (tertiary alicyclic amines) is 1. The fraction of sp³-hybridized carbons (Fsp3) is 0.500. The van der Waals surface area contributed by atoms with Gasteiger partial charge in [-0.25, -0.2) is 13.2 Å². The predicted octanol–water partition coefficient (Wildman–Crippen LogP) is 3.90. The number of nitrogens with one attached hydrogen (secondary N) is 1. The van der Waals surface area contributed by atoms with Crippen LogP contribution < -0.4 is 11.1 Å². The fourth-order valence-corrected chi connectivity index (χ4v) is 7.81. The molecule has 9 nitrogen and oxygen atoms in total. The molecule has 38 heavy (non-hydrogen) atoms. The number of oxazole rings is 1. The molecular formula is C28H36N4O5S. The number of benzene rings is 2. The first kappa shape index (κ1) is 26.6. The molecule has 2 saturated heterocycles. The van der Waals surface area contributed by atoms with Gasteiger partial charge < -0.3 is 9.73 Å². The van der Waals surface area contributed by atoms with Gasteiger partial charge in [-0.15, -0.1) is 0 Å². The van der Waals surface area contributed by atoms with Crippen LogP contribution in [0.15, 0.2) is 62.6 Å². The summed E-state index contributed by atoms with van der Waals surface area (Å²) >= 11 is 0. The number of aromatic nitrogens is 1. The summed E-state index contributed by atoms with van der Waals surface area (Å²) in [5.74, 6) is -0.537. The molecule has 10 heteroatoms. The number of sulfonamides is 1. The highest BCUT2D eigenvalue weighted by Gasteiger charge is 2.49. The number of carbonyl (C=O) groups excluding carboxylic acids is 1. The number of amides is 1. The molecule has 3 aromatic rings. The third-order valence-corrected chi connectivity index (χ3v) is 10.4. The van der Waals surface area contributed by atoms with Crippen LogP contribution in [0.4, 0.5) is 5.69 Å². The van der Waals surface area contributed by atoms with Crippen molar-refractivity contribution in [3.05, 3.63) is 59.1 Å². The van der Waals surface area contributed by atoms with E-state index >= 15 is 0 Å². The lowest BCUT2D eigenvalue weighted by Crippen LogP contribution is -2.59. The quantitative estimate of drug-likeness (QED) is 0.509. The van der Waals surface area contributed by atoms with Gasteiger partial charge in [-0.1, -0.05) is 18.2 Å². The molecule has 2 aliphatic rings. The molecule has 1 aromatic heterocycles. The second-order valence-corrected chi connectivity index (χ2v) is 13.1. The fourth-order valence-electron chi connectivity index (χ4n) is 5.86. The number of piperidine rings is 2. The minimum absolute atomic E-state index is 0.0840. The average Bonchev–Trinajstić information content (AvgIpc) is 3.21. The number of carbonyl (C=O) groups is 1. The summed E-state index contributed by atoms with van der Waals surface area (Å²) in [6, 6.07) is 13.9. The van der Waals surface area contributed by atoms with E-state index in [0.717, 1.165) is 38.8 Å². The summed E-state index contributed by atoms with van der Waals surface area (Å²) in [6.07, 6.45) is 3.47. The Bertz CT molecular complexity index is 1480. The van der Waals surface area contributed by atoms with Crippen molar-refractivity contribution in [3.8, 4) is 0 Å². The highest BCUT2D eigenvalue weighted by atomic mass is 32.2. The maximum atomic E-state index is 13.6. The molecule has 2 aromatic carbocycles. The van der Waals surface area contributed by atoms with Gasteiger partial charge in [-0.3, -0.25) is 14.3 Å². The van der Waals surface area contributed by atoms with Crippen molar-refractivity contribution in [2.24, 2.45) is 5.41 Å². The maximum absolute atomic E-state index is 13.6. The molecular weight excluding hydrogens is 504 g/mol. The van der Waals surface area contributed by atoms with E-state index in [9.17, 15) is 18.0 Å². The first-order valence-corrected chi connectivity index (χ1v) is 14.7. The molecule has 5 rings (SSSR count). The zero-order chi connectivity index (χ0) is 27.1. The van der Waals surface area contributed by atoms with E-state index in [1.165, 1.54) is 0 Å². The van der Waals surface area contributed by atoms with Crippen molar-refractivity contribution in [1.82, 2.24) is 13.8 Å². The molecule has 0 radical (unpaired) electrons. The van der Waals surface area contributed by atoms with Gasteiger partial charge in [0.15, 0.2) is 5.58 Å². The SMILES string of the molecule is CCn1c(=O)oc2cc(NC(=O)CN3CCC4(CC3)CCC(C)(C)N(S(=O)(=O)c3ccccc3)C4)ccc21. The summed E-state index contributed by atoms with van der Waals surface area (Å²) in [5, 5.41) is 2.92. The van der Waals surface area contributed by atoms with Crippen molar-refractivity contribution in [3.63, 3.8) is 0 Å². The molecule has 2 aliphatic heterocycles. The first-order valence-electron chi connectivity index (χ1n) is 13.3. The largest absolute Gasteiger partial charge is 0.419 e. The lowest BCUT2D eigenvalue weighted by Gasteiger charge is -2.53. The Morgan fingerprint density at radius 1 is 1.03 bits per heavy atom. The monoisotopic (exact) mass is 540 g/mol. The van der Waals surface area contributed by atoms with Crippen molar-refractivity contribution in [2.75, 3.05) is 31.5 Å². The summed E-state index contributed by atoms with van der Waals surface area (Å²) in [5.41, 5.74) is 1.21. The van der Waals surface area contributed by atoms with Crippen LogP contribution in [0.2, 0.25) is 0 Å². The van der Waals surface area contributed by atoms with Gasteiger partial charge in [0.2, 0.25) is 15.9 Å². The molecule has 3 heterocycles. The van der Waals surface area contributed by atoms with Crippen LogP contribution in [0, 0.1) is 5.41 Å². The molecule has 1 N–H and O–H groups in total. The third-order valence-electron chi connectivity index (χ3n) is 8.30. The lowest BCUT2D eigenvalue weighted by molar-refractivity contribution is -0.118. The summed E-state index contributed by atoms with van der Waals surface area (Å²) in [4.78, 5) is 27.2. The highest BCUT2D eigenvalue weighted by Crippen LogP contribution is 2.46. The number of hydrogen-bond donors (Lipinski definition) is 1. The number of nitrogens with zero attached hydrogens (tertiary/aromatic N) is 3. The third kappa shape index (κ3) is 5.04. The van der Waals surface area contributed by atoms with Crippen molar-refractivity contribution in [2.45, 2.75) is 63.4 Å². The van der Waals surface area contributed by atoms with Crippen LogP contribution in [-0.2, 0) is 21.4 Å². The Morgan fingerprint density at radius 3 is 2.42 bits per heavy atom. The maximum Gasteiger partial charge on any atom is 0.419 e. The Kier molecular flexibility index (Phi) is 7.00. The molecule has 0 bridgehead atoms. The lowest BCUT2D eigenvalue weighted by atomic mass is 9.69. The molecule has 204 valence electrons. The minimum Gasteiger partial charge on any atom is -0.408 e. The predicted molar refractivity (Wildman–Crippen MR) is 147 cm³/mol. The molecule has 1 spiro atoms. The minimum atomic E-state index is -3.60. The number of fused-ring (bicyclic) bond motifs is 1.